The van der Waals surface area contributed by atoms with Crippen molar-refractivity contribution in [3.8, 4) is 11.1 Å². The van der Waals surface area contributed by atoms with Crippen LogP contribution in [0.25, 0.3) is 11.1 Å². The Morgan fingerprint density at radius 3 is 2.45 bits per heavy atom. The van der Waals surface area contributed by atoms with Gasteiger partial charge in [-0.05, 0) is 63.8 Å². The second kappa shape index (κ2) is 8.86. The highest BCUT2D eigenvalue weighted by Gasteiger charge is 2.34. The highest BCUT2D eigenvalue weighted by atomic mass is 32.2. The zero-order valence-electron chi connectivity index (χ0n) is 20.3. The fourth-order valence-electron chi connectivity index (χ4n) is 4.55. The Hall–Kier alpha value is -2.79. The van der Waals surface area contributed by atoms with Gasteiger partial charge in [0.25, 0.3) is 5.91 Å². The van der Waals surface area contributed by atoms with E-state index in [0.29, 0.717) is 5.56 Å². The maximum Gasteiger partial charge on any atom is 0.261 e. The summed E-state index contributed by atoms with van der Waals surface area (Å²) in [5.41, 5.74) is 7.82. The fraction of sp³-hybridized carbons (Fsp3) is 0.357. The van der Waals surface area contributed by atoms with Crippen molar-refractivity contribution < 1.29 is 4.79 Å². The van der Waals surface area contributed by atoms with Crippen molar-refractivity contribution in [2.75, 3.05) is 11.6 Å². The number of nitrogens with one attached hydrogen (secondary N) is 2. The predicted molar refractivity (Wildman–Crippen MR) is 140 cm³/mol. The van der Waals surface area contributed by atoms with Crippen LogP contribution in [-0.4, -0.2) is 17.1 Å². The highest BCUT2D eigenvalue weighted by Crippen LogP contribution is 2.44. The van der Waals surface area contributed by atoms with Crippen molar-refractivity contribution in [3.63, 3.8) is 0 Å². The molecule has 2 heterocycles. The van der Waals surface area contributed by atoms with Gasteiger partial charge in [0.1, 0.15) is 0 Å². The molecule has 2 aromatic carbocycles. The first kappa shape index (κ1) is 23.4. The van der Waals surface area contributed by atoms with Gasteiger partial charge in [-0.15, -0.1) is 0 Å². The molecule has 1 aromatic heterocycles. The Balaban J connectivity index is 1.62. The normalized spacial score (nSPS) is 17.1. The third-order valence-corrected chi connectivity index (χ3v) is 6.89. The van der Waals surface area contributed by atoms with Crippen LogP contribution >= 0.6 is 11.9 Å². The number of pyridine rings is 1. The Labute approximate surface area is 201 Å². The molecule has 33 heavy (non-hydrogen) atoms. The van der Waals surface area contributed by atoms with Gasteiger partial charge >= 0.3 is 0 Å². The molecule has 0 bridgehead atoms. The zero-order chi connectivity index (χ0) is 23.8. The summed E-state index contributed by atoms with van der Waals surface area (Å²) >= 11 is 1.32. The summed E-state index contributed by atoms with van der Waals surface area (Å²) < 4.78 is 2.81. The highest BCUT2D eigenvalue weighted by molar-refractivity contribution is 7.97. The molecule has 0 saturated carbocycles. The standard InChI is InChI=1S/C28H33N3OS/c1-27(2,3)22-10-7-18(8-11-22)20-13-21(17-29-16-20)25-15-28(4,5)23-14-19(26(32)31-33-6)9-12-24(23)30-25/h7-14,16-17,25,30H,15H2,1-6H3,(H,31,32). The Morgan fingerprint density at radius 2 is 1.79 bits per heavy atom. The molecule has 0 fully saturated rings. The van der Waals surface area contributed by atoms with Gasteiger partial charge in [0, 0.05) is 35.5 Å². The molecular formula is C28H33N3OS. The number of benzene rings is 2. The minimum absolute atomic E-state index is 0.0578. The van der Waals surface area contributed by atoms with E-state index >= 15 is 0 Å². The lowest BCUT2D eigenvalue weighted by atomic mass is 9.73. The quantitative estimate of drug-likeness (QED) is 0.417. The van der Waals surface area contributed by atoms with Gasteiger partial charge in [-0.3, -0.25) is 14.5 Å². The average Bonchev–Trinajstić information content (AvgIpc) is 2.78. The molecule has 3 aromatic rings. The predicted octanol–water partition coefficient (Wildman–Crippen LogP) is 6.89. The minimum Gasteiger partial charge on any atom is -0.378 e. The first-order valence-corrected chi connectivity index (χ1v) is 12.6. The molecular weight excluding hydrogens is 426 g/mol. The van der Waals surface area contributed by atoms with Crippen LogP contribution in [0.2, 0.25) is 0 Å². The number of anilines is 1. The molecule has 172 valence electrons. The Kier molecular flexibility index (Phi) is 6.28. The summed E-state index contributed by atoms with van der Waals surface area (Å²) in [7, 11) is 0. The number of carbonyl (C=O) groups is 1. The van der Waals surface area contributed by atoms with Gasteiger partial charge in [-0.25, -0.2) is 0 Å². The number of aromatic nitrogens is 1. The van der Waals surface area contributed by atoms with Crippen molar-refractivity contribution in [2.24, 2.45) is 0 Å². The number of amides is 1. The van der Waals surface area contributed by atoms with Crippen LogP contribution in [0.3, 0.4) is 0 Å². The van der Waals surface area contributed by atoms with E-state index in [9.17, 15) is 4.79 Å². The summed E-state index contributed by atoms with van der Waals surface area (Å²) in [6.07, 6.45) is 6.68. The fourth-order valence-corrected chi connectivity index (χ4v) is 4.86. The second-order valence-corrected chi connectivity index (χ2v) is 11.1. The number of carbonyl (C=O) groups excluding carboxylic acids is 1. The average molecular weight is 460 g/mol. The van der Waals surface area contributed by atoms with E-state index in [1.165, 1.54) is 34.2 Å². The lowest BCUT2D eigenvalue weighted by Crippen LogP contribution is -2.31. The minimum atomic E-state index is -0.0781. The summed E-state index contributed by atoms with van der Waals surface area (Å²) in [4.78, 5) is 16.9. The molecule has 5 heteroatoms. The summed E-state index contributed by atoms with van der Waals surface area (Å²) in [5.74, 6) is -0.0578. The van der Waals surface area contributed by atoms with Gasteiger partial charge in [-0.1, -0.05) is 70.8 Å². The maximum absolute atomic E-state index is 12.3. The summed E-state index contributed by atoms with van der Waals surface area (Å²) in [6.45, 7) is 11.2. The molecule has 1 aliphatic rings. The lowest BCUT2D eigenvalue weighted by Gasteiger charge is -2.39. The van der Waals surface area contributed by atoms with Crippen LogP contribution in [0.5, 0.6) is 0 Å². The summed E-state index contributed by atoms with van der Waals surface area (Å²) in [6, 6.07) is 17.2. The van der Waals surface area contributed by atoms with Gasteiger partial charge in [0.15, 0.2) is 0 Å². The molecule has 0 radical (unpaired) electrons. The molecule has 1 aliphatic heterocycles. The first-order chi connectivity index (χ1) is 15.6. The molecule has 0 spiro atoms. The van der Waals surface area contributed by atoms with Crippen molar-refractivity contribution in [2.45, 2.75) is 57.9 Å². The van der Waals surface area contributed by atoms with Crippen LogP contribution in [0.15, 0.2) is 60.9 Å². The second-order valence-electron chi connectivity index (χ2n) is 10.5. The van der Waals surface area contributed by atoms with Crippen LogP contribution in [0, 0.1) is 0 Å². The van der Waals surface area contributed by atoms with Crippen LogP contribution in [-0.2, 0) is 10.8 Å². The number of fused-ring (bicyclic) bond motifs is 1. The van der Waals surface area contributed by atoms with Gasteiger partial charge in [0.2, 0.25) is 0 Å². The molecule has 1 unspecified atom stereocenters. The maximum atomic E-state index is 12.3. The molecule has 0 aliphatic carbocycles. The van der Waals surface area contributed by atoms with E-state index in [2.05, 4.69) is 80.0 Å². The van der Waals surface area contributed by atoms with E-state index in [1.807, 2.05) is 36.8 Å². The number of rotatable bonds is 4. The number of nitrogens with zero attached hydrogens (tertiary/aromatic N) is 1. The topological polar surface area (TPSA) is 54.0 Å². The molecule has 1 amide bonds. The van der Waals surface area contributed by atoms with Crippen LogP contribution < -0.4 is 10.0 Å². The van der Waals surface area contributed by atoms with E-state index in [0.717, 1.165) is 17.7 Å². The number of hydrogen-bond acceptors (Lipinski definition) is 4. The smallest absolute Gasteiger partial charge is 0.261 e. The van der Waals surface area contributed by atoms with E-state index < -0.39 is 0 Å². The largest absolute Gasteiger partial charge is 0.378 e. The summed E-state index contributed by atoms with van der Waals surface area (Å²) in [5, 5.41) is 3.70. The van der Waals surface area contributed by atoms with Crippen molar-refractivity contribution in [3.05, 3.63) is 83.2 Å². The SMILES string of the molecule is CSNC(=O)c1ccc2c(c1)C(C)(C)CC(c1cncc(-c3ccc(C(C)(C)C)cc3)c1)N2. The zero-order valence-corrected chi connectivity index (χ0v) is 21.1. The molecule has 4 rings (SSSR count). The van der Waals surface area contributed by atoms with Crippen LogP contribution in [0.1, 0.15) is 74.1 Å². The third-order valence-electron chi connectivity index (χ3n) is 6.50. The first-order valence-electron chi connectivity index (χ1n) is 11.4. The number of hydrogen-bond donors (Lipinski definition) is 2. The molecule has 2 N–H and O–H groups in total. The van der Waals surface area contributed by atoms with Crippen molar-refractivity contribution in [1.82, 2.24) is 9.71 Å². The third kappa shape index (κ3) is 4.93. The Bertz CT molecular complexity index is 1160. The van der Waals surface area contributed by atoms with Gasteiger partial charge in [0.05, 0.1) is 6.04 Å². The lowest BCUT2D eigenvalue weighted by molar-refractivity contribution is 0.0984. The van der Waals surface area contributed by atoms with E-state index in [1.54, 1.807) is 0 Å². The van der Waals surface area contributed by atoms with Crippen LogP contribution in [0.4, 0.5) is 5.69 Å². The van der Waals surface area contributed by atoms with E-state index in [-0.39, 0.29) is 22.8 Å². The molecule has 0 saturated heterocycles. The van der Waals surface area contributed by atoms with Crippen molar-refractivity contribution in [1.29, 1.82) is 0 Å². The van der Waals surface area contributed by atoms with Crippen molar-refractivity contribution >= 4 is 23.5 Å². The molecule has 4 nitrogen and oxygen atoms in total. The monoisotopic (exact) mass is 459 g/mol. The van der Waals surface area contributed by atoms with Gasteiger partial charge in [-0.2, -0.15) is 0 Å². The van der Waals surface area contributed by atoms with Gasteiger partial charge < -0.3 is 5.32 Å². The molecule has 1 atom stereocenters. The Morgan fingerprint density at radius 1 is 1.06 bits per heavy atom. The van der Waals surface area contributed by atoms with E-state index in [4.69, 9.17) is 0 Å².